The fourth-order valence-corrected chi connectivity index (χ4v) is 3.99. The molecule has 1 N–H and O–H groups in total. The van der Waals surface area contributed by atoms with Crippen LogP contribution in [-0.2, 0) is 4.79 Å². The predicted molar refractivity (Wildman–Crippen MR) is 118 cm³/mol. The second-order valence-corrected chi connectivity index (χ2v) is 7.69. The minimum atomic E-state index is -0.818. The number of nitrogens with one attached hydrogen (secondary N) is 1. The molecule has 0 unspecified atom stereocenters. The van der Waals surface area contributed by atoms with Gasteiger partial charge in [0.05, 0.1) is 12.0 Å². The Labute approximate surface area is 176 Å². The molecule has 2 aromatic heterocycles. The molecule has 4 aromatic rings. The smallest absolute Gasteiger partial charge is 0.279 e. The lowest BCUT2D eigenvalue weighted by molar-refractivity contribution is -0.119. The molecule has 30 heavy (non-hydrogen) atoms. The Morgan fingerprint density at radius 2 is 1.90 bits per heavy atom. The van der Waals surface area contributed by atoms with Crippen molar-refractivity contribution in [2.75, 3.05) is 11.9 Å². The molecule has 0 radical (unpaired) electrons. The van der Waals surface area contributed by atoms with Crippen LogP contribution in [-0.4, -0.2) is 27.5 Å². The van der Waals surface area contributed by atoms with Crippen molar-refractivity contribution in [2.24, 2.45) is 0 Å². The molecule has 4 rings (SSSR count). The molecule has 0 aliphatic carbocycles. The van der Waals surface area contributed by atoms with E-state index in [9.17, 15) is 9.59 Å². The van der Waals surface area contributed by atoms with Gasteiger partial charge >= 0.3 is 0 Å². The summed E-state index contributed by atoms with van der Waals surface area (Å²) >= 11 is 1.40. The largest absolute Gasteiger partial charge is 0.494 e. The molecule has 1 atom stereocenters. The summed E-state index contributed by atoms with van der Waals surface area (Å²) in [6, 6.07) is 17.8. The van der Waals surface area contributed by atoms with Gasteiger partial charge in [0.2, 0.25) is 5.91 Å². The highest BCUT2D eigenvalue weighted by Gasteiger charge is 2.20. The molecule has 0 saturated heterocycles. The van der Waals surface area contributed by atoms with Gasteiger partial charge in [-0.3, -0.25) is 9.59 Å². The van der Waals surface area contributed by atoms with E-state index >= 15 is 0 Å². The first kappa shape index (κ1) is 19.8. The Kier molecular flexibility index (Phi) is 5.58. The van der Waals surface area contributed by atoms with Gasteiger partial charge in [0.15, 0.2) is 4.83 Å². The fraction of sp³-hybridized carbons (Fsp3) is 0.182. The molecular formula is C22H20N4O3S. The normalized spacial score (nSPS) is 11.9. The monoisotopic (exact) mass is 420 g/mol. The second-order valence-electron chi connectivity index (χ2n) is 6.66. The first-order chi connectivity index (χ1) is 14.6. The summed E-state index contributed by atoms with van der Waals surface area (Å²) in [5.41, 5.74) is 1.28. The molecule has 2 aromatic carbocycles. The molecule has 1 amide bonds. The van der Waals surface area contributed by atoms with E-state index < -0.39 is 6.04 Å². The number of benzene rings is 2. The number of aromatic nitrogens is 3. The van der Waals surface area contributed by atoms with E-state index in [-0.39, 0.29) is 11.5 Å². The van der Waals surface area contributed by atoms with Gasteiger partial charge in [0.1, 0.15) is 11.8 Å². The van der Waals surface area contributed by atoms with Crippen molar-refractivity contribution in [2.45, 2.75) is 19.9 Å². The summed E-state index contributed by atoms with van der Waals surface area (Å²) in [6.45, 7) is 4.10. The van der Waals surface area contributed by atoms with Gasteiger partial charge in [-0.05, 0) is 49.7 Å². The van der Waals surface area contributed by atoms with E-state index in [0.717, 1.165) is 20.9 Å². The lowest BCUT2D eigenvalue weighted by Gasteiger charge is -2.13. The number of rotatable bonds is 6. The molecule has 2 heterocycles. The third-order valence-corrected chi connectivity index (χ3v) is 5.69. The van der Waals surface area contributed by atoms with Crippen LogP contribution in [0.1, 0.15) is 19.9 Å². The maximum Gasteiger partial charge on any atom is 0.279 e. The Bertz CT molecular complexity index is 1230. The first-order valence-electron chi connectivity index (χ1n) is 9.55. The van der Waals surface area contributed by atoms with Crippen LogP contribution in [0.5, 0.6) is 5.75 Å². The number of hydrogen-bond acceptors (Lipinski definition) is 6. The zero-order valence-corrected chi connectivity index (χ0v) is 17.3. The van der Waals surface area contributed by atoms with Gasteiger partial charge < -0.3 is 10.1 Å². The van der Waals surface area contributed by atoms with Gasteiger partial charge in [-0.25, -0.2) is 0 Å². The van der Waals surface area contributed by atoms with E-state index in [1.54, 1.807) is 37.3 Å². The zero-order valence-electron chi connectivity index (χ0n) is 16.5. The zero-order chi connectivity index (χ0) is 21.1. The molecule has 7 nitrogen and oxygen atoms in total. The number of ether oxygens (including phenoxy) is 1. The minimum absolute atomic E-state index is 0.340. The molecule has 0 bridgehead atoms. The Morgan fingerprint density at radius 1 is 1.17 bits per heavy atom. The van der Waals surface area contributed by atoms with Crippen molar-refractivity contribution in [1.29, 1.82) is 0 Å². The quantitative estimate of drug-likeness (QED) is 0.507. The number of thiophene rings is 1. The molecule has 0 aliphatic rings. The highest BCUT2D eigenvalue weighted by atomic mass is 32.1. The molecule has 0 aliphatic heterocycles. The summed E-state index contributed by atoms with van der Waals surface area (Å²) in [7, 11) is 0. The van der Waals surface area contributed by atoms with Crippen LogP contribution in [0.2, 0.25) is 0 Å². The van der Waals surface area contributed by atoms with E-state index in [4.69, 9.17) is 4.74 Å². The second kappa shape index (κ2) is 8.46. The SMILES string of the molecule is CCOc1ccc(NC(=O)[C@H](C)n2nnc3sc(-c4ccccc4)cc3c2=O)cc1. The maximum atomic E-state index is 13.0. The summed E-state index contributed by atoms with van der Waals surface area (Å²) in [5, 5.41) is 11.4. The summed E-state index contributed by atoms with van der Waals surface area (Å²) < 4.78 is 6.52. The summed E-state index contributed by atoms with van der Waals surface area (Å²) in [4.78, 5) is 27.1. The average molecular weight is 420 g/mol. The molecule has 8 heteroatoms. The van der Waals surface area contributed by atoms with Gasteiger partial charge in [-0.15, -0.1) is 16.4 Å². The maximum absolute atomic E-state index is 13.0. The first-order valence-corrected chi connectivity index (χ1v) is 10.4. The fourth-order valence-electron chi connectivity index (χ4n) is 3.02. The van der Waals surface area contributed by atoms with Crippen LogP contribution in [0.25, 0.3) is 20.7 Å². The number of anilines is 1. The van der Waals surface area contributed by atoms with Crippen LogP contribution in [0.4, 0.5) is 5.69 Å². The number of hydrogen-bond donors (Lipinski definition) is 1. The van der Waals surface area contributed by atoms with E-state index in [0.29, 0.717) is 22.5 Å². The number of amides is 1. The van der Waals surface area contributed by atoms with E-state index in [2.05, 4.69) is 15.6 Å². The van der Waals surface area contributed by atoms with Crippen molar-refractivity contribution >= 4 is 33.1 Å². The molecule has 152 valence electrons. The lowest BCUT2D eigenvalue weighted by Crippen LogP contribution is -2.33. The third-order valence-electron chi connectivity index (χ3n) is 4.62. The van der Waals surface area contributed by atoms with Crippen molar-refractivity contribution < 1.29 is 9.53 Å². The topological polar surface area (TPSA) is 86.1 Å². The van der Waals surface area contributed by atoms with Gasteiger partial charge in [-0.1, -0.05) is 35.5 Å². The highest BCUT2D eigenvalue weighted by Crippen LogP contribution is 2.30. The molecule has 0 spiro atoms. The van der Waals surface area contributed by atoms with Crippen LogP contribution in [0.15, 0.2) is 65.5 Å². The standard InChI is InChI=1S/C22H20N4O3S/c1-3-29-17-11-9-16(10-12-17)23-20(27)14(2)26-22(28)18-13-19(30-21(18)24-25-26)15-7-5-4-6-8-15/h4-14H,3H2,1-2H3,(H,23,27)/t14-/m0/s1. The Balaban J connectivity index is 1.58. The minimum Gasteiger partial charge on any atom is -0.494 e. The van der Waals surface area contributed by atoms with Crippen molar-refractivity contribution in [1.82, 2.24) is 15.0 Å². The lowest BCUT2D eigenvalue weighted by atomic mass is 10.2. The van der Waals surface area contributed by atoms with Crippen LogP contribution >= 0.6 is 11.3 Å². The molecule has 0 saturated carbocycles. The predicted octanol–water partition coefficient (Wildman–Crippen LogP) is 4.12. The van der Waals surface area contributed by atoms with Crippen molar-refractivity contribution in [3.05, 3.63) is 71.0 Å². The Morgan fingerprint density at radius 3 is 2.60 bits per heavy atom. The number of carbonyl (C=O) groups is 1. The molecule has 0 fully saturated rings. The summed E-state index contributed by atoms with van der Waals surface area (Å²) in [5.74, 6) is 0.371. The van der Waals surface area contributed by atoms with Crippen molar-refractivity contribution in [3.63, 3.8) is 0 Å². The average Bonchev–Trinajstić information content (AvgIpc) is 3.21. The van der Waals surface area contributed by atoms with Crippen LogP contribution in [0.3, 0.4) is 0 Å². The van der Waals surface area contributed by atoms with Crippen LogP contribution in [0, 0.1) is 0 Å². The van der Waals surface area contributed by atoms with Crippen LogP contribution < -0.4 is 15.6 Å². The van der Waals surface area contributed by atoms with Gasteiger partial charge in [0, 0.05) is 10.6 Å². The van der Waals surface area contributed by atoms with E-state index in [1.807, 2.05) is 37.3 Å². The number of carbonyl (C=O) groups excluding carboxylic acids is 1. The number of fused-ring (bicyclic) bond motifs is 1. The highest BCUT2D eigenvalue weighted by molar-refractivity contribution is 7.21. The van der Waals surface area contributed by atoms with Gasteiger partial charge in [0.25, 0.3) is 5.56 Å². The van der Waals surface area contributed by atoms with Gasteiger partial charge in [-0.2, -0.15) is 4.68 Å². The number of nitrogens with zero attached hydrogens (tertiary/aromatic N) is 3. The van der Waals surface area contributed by atoms with Crippen molar-refractivity contribution in [3.8, 4) is 16.2 Å². The third kappa shape index (κ3) is 3.95. The van der Waals surface area contributed by atoms with E-state index in [1.165, 1.54) is 11.3 Å². The summed E-state index contributed by atoms with van der Waals surface area (Å²) in [6.07, 6.45) is 0. The molecular weight excluding hydrogens is 400 g/mol. The Hall–Kier alpha value is -3.52.